The first-order valence-corrected chi connectivity index (χ1v) is 21.5. The van der Waals surface area contributed by atoms with Gasteiger partial charge in [-0.1, -0.05) is 70.5 Å². The minimum absolute atomic E-state index is 0.0333. The molecule has 268 valence electrons. The van der Waals surface area contributed by atoms with Gasteiger partial charge in [0.15, 0.2) is 13.9 Å². The molecule has 51 heavy (non-hydrogen) atoms. The van der Waals surface area contributed by atoms with Crippen LogP contribution in [0.25, 0.3) is 0 Å². The van der Waals surface area contributed by atoms with Crippen molar-refractivity contribution in [3.8, 4) is 0 Å². The van der Waals surface area contributed by atoms with Gasteiger partial charge in [-0.2, -0.15) is 0 Å². The lowest BCUT2D eigenvalue weighted by Crippen LogP contribution is -2.46. The van der Waals surface area contributed by atoms with Gasteiger partial charge in [0, 0.05) is 39.9 Å². The quantitative estimate of drug-likeness (QED) is 0.151. The van der Waals surface area contributed by atoms with Gasteiger partial charge in [-0.25, -0.2) is 0 Å². The molecule has 13 heteroatoms. The van der Waals surface area contributed by atoms with Gasteiger partial charge < -0.3 is 30.2 Å². The van der Waals surface area contributed by atoms with Crippen LogP contribution in [-0.4, -0.2) is 70.3 Å². The van der Waals surface area contributed by atoms with E-state index in [9.17, 15) is 19.5 Å². The van der Waals surface area contributed by atoms with Crippen molar-refractivity contribution >= 4 is 47.4 Å². The summed E-state index contributed by atoms with van der Waals surface area (Å²) < 4.78 is 9.61. The van der Waals surface area contributed by atoms with Crippen LogP contribution < -0.4 is 15.5 Å². The number of ether oxygens (including phenoxy) is 1. The highest BCUT2D eigenvalue weighted by Crippen LogP contribution is 2.60. The smallest absolute Gasteiger partial charge is 0.264 e. The van der Waals surface area contributed by atoms with Crippen LogP contribution in [0.4, 0.5) is 11.4 Å². The SMILES string of the molecule is C[C@H]1[C@H]([Si](C)(C)O)[C@@H](CCn2cc(C(CO)c3ccccc3)nn2)O[C@]12C(=O)N(Cc1ccc(NC(=O)[C@H]3CCCN3)cc1)c1ccc(Br)cc12. The van der Waals surface area contributed by atoms with Crippen molar-refractivity contribution in [2.24, 2.45) is 5.92 Å². The number of aryl methyl sites for hydroxylation is 1. The molecule has 0 saturated carbocycles. The van der Waals surface area contributed by atoms with Crippen molar-refractivity contribution in [3.63, 3.8) is 0 Å². The predicted molar refractivity (Wildman–Crippen MR) is 201 cm³/mol. The van der Waals surface area contributed by atoms with Gasteiger partial charge in [0.05, 0.1) is 42.6 Å². The second kappa shape index (κ2) is 14.4. The number of carbonyl (C=O) groups excluding carboxylic acids is 2. The largest absolute Gasteiger partial charge is 0.432 e. The molecule has 4 aromatic rings. The Morgan fingerprint density at radius 2 is 1.92 bits per heavy atom. The molecular formula is C38H45BrN6O5Si. The summed E-state index contributed by atoms with van der Waals surface area (Å²) in [5.41, 5.74) is 3.35. The first kappa shape index (κ1) is 35.7. The molecule has 1 spiro atoms. The molecule has 6 atom stereocenters. The van der Waals surface area contributed by atoms with Gasteiger partial charge in [-0.15, -0.1) is 5.10 Å². The number of benzene rings is 3. The molecule has 2 amide bonds. The molecule has 3 aromatic carbocycles. The average molecular weight is 774 g/mol. The molecule has 0 bridgehead atoms. The Hall–Kier alpha value is -3.72. The van der Waals surface area contributed by atoms with Crippen molar-refractivity contribution in [1.82, 2.24) is 20.3 Å². The minimum Gasteiger partial charge on any atom is -0.432 e. The Balaban J connectivity index is 1.12. The normalized spacial score (nSPS) is 25.1. The van der Waals surface area contributed by atoms with Crippen molar-refractivity contribution in [3.05, 3.63) is 106 Å². The van der Waals surface area contributed by atoms with E-state index in [1.165, 1.54) is 0 Å². The first-order valence-electron chi connectivity index (χ1n) is 17.7. The summed E-state index contributed by atoms with van der Waals surface area (Å²) in [6.07, 6.45) is 3.79. The lowest BCUT2D eigenvalue weighted by molar-refractivity contribution is -0.146. The zero-order valence-corrected chi connectivity index (χ0v) is 31.7. The highest BCUT2D eigenvalue weighted by molar-refractivity contribution is 9.10. The Kier molecular flexibility index (Phi) is 10.0. The van der Waals surface area contributed by atoms with Crippen molar-refractivity contribution < 1.29 is 24.2 Å². The third kappa shape index (κ3) is 6.83. The summed E-state index contributed by atoms with van der Waals surface area (Å²) in [5, 5.41) is 25.1. The number of rotatable bonds is 11. The van der Waals surface area contributed by atoms with E-state index in [4.69, 9.17) is 4.74 Å². The summed E-state index contributed by atoms with van der Waals surface area (Å²) in [4.78, 5) is 40.9. The topological polar surface area (TPSA) is 142 Å². The van der Waals surface area contributed by atoms with E-state index in [0.717, 1.165) is 46.2 Å². The van der Waals surface area contributed by atoms with E-state index in [1.54, 1.807) is 9.58 Å². The third-order valence-electron chi connectivity index (χ3n) is 10.8. The molecule has 1 unspecified atom stereocenters. The first-order chi connectivity index (χ1) is 24.5. The standard InChI is InChI=1S/C38H45BrN6O5Si/c1-24-35(51(2,3)49)34(17-19-44-22-32(42-43-44)29(23-46)26-8-5-4-6-9-26)50-38(24)30-20-27(39)13-16-33(30)45(37(38)48)21-25-11-14-28(15-12-25)41-36(47)31-10-7-18-40-31/h4-6,8-9,11-16,20,22,24,29,31,34-35,40,46,49H,7,10,17-19,21,23H2,1-3H3,(H,41,47)/t24-,29?,31+,34+,35-,38+/m0/s1. The molecule has 1 aromatic heterocycles. The van der Waals surface area contributed by atoms with Crippen LogP contribution in [0.1, 0.15) is 54.5 Å². The number of aliphatic hydroxyl groups excluding tert-OH is 1. The van der Waals surface area contributed by atoms with Gasteiger partial charge in [0.2, 0.25) is 5.91 Å². The van der Waals surface area contributed by atoms with E-state index in [2.05, 4.69) is 36.9 Å². The predicted octanol–water partition coefficient (Wildman–Crippen LogP) is 5.29. The molecule has 4 N–H and O–H groups in total. The number of hydrogen-bond acceptors (Lipinski definition) is 8. The molecule has 7 rings (SSSR count). The number of carbonyl (C=O) groups is 2. The average Bonchev–Trinajstić information content (AvgIpc) is 3.91. The fourth-order valence-corrected chi connectivity index (χ4v) is 11.4. The molecule has 2 saturated heterocycles. The highest BCUT2D eigenvalue weighted by atomic mass is 79.9. The van der Waals surface area contributed by atoms with Crippen LogP contribution in [-0.2, 0) is 33.0 Å². The van der Waals surface area contributed by atoms with Crippen LogP contribution in [0.3, 0.4) is 0 Å². The van der Waals surface area contributed by atoms with Crippen molar-refractivity contribution in [1.29, 1.82) is 0 Å². The molecule has 11 nitrogen and oxygen atoms in total. The number of nitrogens with one attached hydrogen (secondary N) is 2. The van der Waals surface area contributed by atoms with Gasteiger partial charge in [0.1, 0.15) is 0 Å². The molecule has 3 aliphatic heterocycles. The summed E-state index contributed by atoms with van der Waals surface area (Å²) in [7, 11) is -2.86. The lowest BCUT2D eigenvalue weighted by atomic mass is 9.82. The number of halogens is 1. The molecule has 0 aliphatic carbocycles. The summed E-state index contributed by atoms with van der Waals surface area (Å²) in [6.45, 7) is 7.44. The number of fused-ring (bicyclic) bond motifs is 2. The number of hydrogen-bond donors (Lipinski definition) is 4. The monoisotopic (exact) mass is 772 g/mol. The van der Waals surface area contributed by atoms with Crippen LogP contribution in [0.2, 0.25) is 18.6 Å². The fourth-order valence-electron chi connectivity index (χ4n) is 8.39. The Bertz CT molecular complexity index is 1880. The van der Waals surface area contributed by atoms with E-state index < -0.39 is 20.0 Å². The number of amides is 2. The Morgan fingerprint density at radius 3 is 2.61 bits per heavy atom. The number of aliphatic hydroxyl groups is 1. The van der Waals surface area contributed by atoms with Crippen LogP contribution in [0.5, 0.6) is 0 Å². The summed E-state index contributed by atoms with van der Waals surface area (Å²) >= 11 is 3.64. The molecule has 4 heterocycles. The maximum atomic E-state index is 14.8. The summed E-state index contributed by atoms with van der Waals surface area (Å²) in [5.74, 6) is -0.766. The van der Waals surface area contributed by atoms with Crippen LogP contribution >= 0.6 is 15.9 Å². The Morgan fingerprint density at radius 1 is 1.16 bits per heavy atom. The van der Waals surface area contributed by atoms with Gasteiger partial charge in [0.25, 0.3) is 5.91 Å². The highest BCUT2D eigenvalue weighted by Gasteiger charge is 2.66. The van der Waals surface area contributed by atoms with Crippen molar-refractivity contribution in [2.75, 3.05) is 23.4 Å². The van der Waals surface area contributed by atoms with Crippen molar-refractivity contribution in [2.45, 2.75) is 81.6 Å². The Labute approximate surface area is 307 Å². The number of nitrogens with zero attached hydrogens (tertiary/aromatic N) is 4. The van der Waals surface area contributed by atoms with E-state index in [1.807, 2.05) is 99.0 Å². The molecular weight excluding hydrogens is 728 g/mol. The molecule has 0 radical (unpaired) electrons. The zero-order chi connectivity index (χ0) is 35.9. The van der Waals surface area contributed by atoms with Gasteiger partial charge in [-0.05, 0) is 80.4 Å². The maximum Gasteiger partial charge on any atom is 0.264 e. The zero-order valence-electron chi connectivity index (χ0n) is 29.1. The van der Waals surface area contributed by atoms with Crippen LogP contribution in [0, 0.1) is 5.92 Å². The second-order valence-electron chi connectivity index (χ2n) is 14.6. The molecule has 3 aliphatic rings. The second-order valence-corrected chi connectivity index (χ2v) is 19.5. The number of aromatic nitrogens is 3. The van der Waals surface area contributed by atoms with Gasteiger partial charge in [-0.3, -0.25) is 14.3 Å². The van der Waals surface area contributed by atoms with E-state index >= 15 is 0 Å². The van der Waals surface area contributed by atoms with Gasteiger partial charge >= 0.3 is 0 Å². The lowest BCUT2D eigenvalue weighted by Gasteiger charge is -2.32. The molecule has 2 fully saturated rings. The maximum absolute atomic E-state index is 14.8. The van der Waals surface area contributed by atoms with E-state index in [0.29, 0.717) is 30.9 Å². The van der Waals surface area contributed by atoms with Crippen LogP contribution in [0.15, 0.2) is 83.5 Å². The third-order valence-corrected chi connectivity index (χ3v) is 13.8. The summed E-state index contributed by atoms with van der Waals surface area (Å²) in [6, 6.07) is 23.1. The fraction of sp³-hybridized carbons (Fsp3) is 0.421. The van der Waals surface area contributed by atoms with E-state index in [-0.39, 0.29) is 41.8 Å². The minimum atomic E-state index is -2.86. The number of anilines is 2.